The molecule has 0 N–H and O–H groups in total. The molecule has 0 aliphatic carbocycles. The predicted octanol–water partition coefficient (Wildman–Crippen LogP) is 18.5. The highest BCUT2D eigenvalue weighted by Gasteiger charge is 2.26. The third-order valence-corrected chi connectivity index (χ3v) is 16.1. The molecule has 0 saturated carbocycles. The first-order chi connectivity index (χ1) is 35.5. The summed E-state index contributed by atoms with van der Waals surface area (Å²) in [4.78, 5) is 11.5. The van der Waals surface area contributed by atoms with Crippen LogP contribution in [0.15, 0.2) is 239 Å². The molecule has 338 valence electrons. The maximum Gasteiger partial charge on any atom is 0.160 e. The SMILES string of the molecule is CC1C/C=C(\c2ccc(-c3ccccc3)cc2)N=C(c2ccc3c(c2)sc2ccccc23)N=C1c1cc2oc3cc4ccccc4cc3c2cc1-n1c2cc3ccccc3cc2c2cc3ccccc3cc21. The van der Waals surface area contributed by atoms with E-state index < -0.39 is 0 Å². The van der Waals surface area contributed by atoms with Crippen LogP contribution in [0.2, 0.25) is 0 Å². The maximum absolute atomic E-state index is 6.95. The second-order valence-corrected chi connectivity index (χ2v) is 20.4. The van der Waals surface area contributed by atoms with Gasteiger partial charge in [0.05, 0.1) is 28.1 Å². The number of fused-ring (bicyclic) bond motifs is 12. The summed E-state index contributed by atoms with van der Waals surface area (Å²) in [6.07, 6.45) is 3.05. The zero-order chi connectivity index (χ0) is 47.4. The number of benzene rings is 11. The van der Waals surface area contributed by atoms with Gasteiger partial charge in [-0.3, -0.25) is 0 Å². The quantitative estimate of drug-likeness (QED) is 0.170. The van der Waals surface area contributed by atoms with E-state index in [0.717, 1.165) is 78.6 Å². The summed E-state index contributed by atoms with van der Waals surface area (Å²) in [5.74, 6) is 0.662. The number of amidine groups is 1. The van der Waals surface area contributed by atoms with Crippen LogP contribution in [0, 0.1) is 5.92 Å². The van der Waals surface area contributed by atoms with Gasteiger partial charge in [0, 0.05) is 58.8 Å². The van der Waals surface area contributed by atoms with E-state index in [1.807, 2.05) is 11.3 Å². The molecule has 72 heavy (non-hydrogen) atoms. The predicted molar refractivity (Wildman–Crippen MR) is 307 cm³/mol. The molecule has 14 aromatic rings. The minimum absolute atomic E-state index is 0.0138. The lowest BCUT2D eigenvalue weighted by Gasteiger charge is -2.22. The molecule has 0 spiro atoms. The van der Waals surface area contributed by atoms with E-state index in [1.54, 1.807) is 0 Å². The third kappa shape index (κ3) is 6.58. The van der Waals surface area contributed by atoms with Crippen molar-refractivity contribution < 1.29 is 4.42 Å². The zero-order valence-corrected chi connectivity index (χ0v) is 40.1. The Morgan fingerprint density at radius 3 is 1.65 bits per heavy atom. The topological polar surface area (TPSA) is 42.8 Å². The summed E-state index contributed by atoms with van der Waals surface area (Å²) in [5, 5.41) is 14.2. The van der Waals surface area contributed by atoms with E-state index >= 15 is 0 Å². The lowest BCUT2D eigenvalue weighted by molar-refractivity contribution is 0.669. The Kier molecular flexibility index (Phi) is 9.14. The van der Waals surface area contributed by atoms with Gasteiger partial charge in [0.2, 0.25) is 0 Å². The van der Waals surface area contributed by atoms with Gasteiger partial charge < -0.3 is 8.98 Å². The lowest BCUT2D eigenvalue weighted by atomic mass is 9.91. The number of thiophene rings is 1. The van der Waals surface area contributed by atoms with E-state index in [2.05, 4.69) is 236 Å². The molecule has 4 nitrogen and oxygen atoms in total. The molecule has 11 aromatic carbocycles. The summed E-state index contributed by atoms with van der Waals surface area (Å²) < 4.78 is 11.9. The van der Waals surface area contributed by atoms with Gasteiger partial charge in [-0.2, -0.15) is 0 Å². The summed E-state index contributed by atoms with van der Waals surface area (Å²) >= 11 is 1.82. The van der Waals surface area contributed by atoms with Crippen LogP contribution in [0.4, 0.5) is 0 Å². The highest BCUT2D eigenvalue weighted by atomic mass is 32.1. The number of furan rings is 1. The van der Waals surface area contributed by atoms with Crippen molar-refractivity contribution in [1.29, 1.82) is 0 Å². The Labute approximate surface area is 418 Å². The molecule has 0 saturated heterocycles. The van der Waals surface area contributed by atoms with Crippen molar-refractivity contribution in [2.24, 2.45) is 15.9 Å². The van der Waals surface area contributed by atoms with E-state index in [4.69, 9.17) is 14.4 Å². The first-order valence-corrected chi connectivity index (χ1v) is 25.6. The highest BCUT2D eigenvalue weighted by Crippen LogP contribution is 2.43. The number of hydrogen-bond donors (Lipinski definition) is 0. The Hall–Kier alpha value is -8.90. The first kappa shape index (κ1) is 40.9. The van der Waals surface area contributed by atoms with E-state index in [0.29, 0.717) is 5.84 Å². The minimum Gasteiger partial charge on any atom is -0.456 e. The van der Waals surface area contributed by atoms with Crippen LogP contribution >= 0.6 is 11.3 Å². The van der Waals surface area contributed by atoms with Gasteiger partial charge >= 0.3 is 0 Å². The molecule has 4 heterocycles. The Morgan fingerprint density at radius 2 is 0.958 bits per heavy atom. The monoisotopic (exact) mass is 937 g/mol. The van der Waals surface area contributed by atoms with Crippen molar-refractivity contribution in [3.05, 3.63) is 241 Å². The van der Waals surface area contributed by atoms with Crippen molar-refractivity contribution in [2.45, 2.75) is 13.3 Å². The van der Waals surface area contributed by atoms with Crippen LogP contribution in [0.25, 0.3) is 119 Å². The zero-order valence-electron chi connectivity index (χ0n) is 39.3. The molecule has 0 bridgehead atoms. The third-order valence-electron chi connectivity index (χ3n) is 15.0. The van der Waals surface area contributed by atoms with Gasteiger partial charge in [0.1, 0.15) is 11.2 Å². The van der Waals surface area contributed by atoms with Crippen LogP contribution in [-0.4, -0.2) is 16.1 Å². The summed E-state index contributed by atoms with van der Waals surface area (Å²) in [6.45, 7) is 2.32. The van der Waals surface area contributed by atoms with Crippen LogP contribution in [-0.2, 0) is 0 Å². The first-order valence-electron chi connectivity index (χ1n) is 24.8. The van der Waals surface area contributed by atoms with Gasteiger partial charge in [-0.1, -0.05) is 171 Å². The normalized spacial score (nSPS) is 15.2. The standard InChI is InChI=1S/C67H43N3OS/c1-40-23-30-58(43-26-24-42(25-27-43)41-13-3-2-4-14-41)68-67(50-28-29-52-51-21-11-12-22-64(51)72-65(52)37-50)69-66(40)57-39-63-56(55-33-46-17-7-10-20-49(46)36-62(55)71-63)38-61(57)70-59-34-47-18-8-5-15-44(47)31-53(59)54-32-45-16-6-9-19-48(45)35-60(54)70/h2-22,24-40H,23H2,1H3/b58-30+,68-67?,69-66?. The van der Waals surface area contributed by atoms with Gasteiger partial charge in [0.25, 0.3) is 0 Å². The van der Waals surface area contributed by atoms with Crippen molar-refractivity contribution >= 4 is 125 Å². The van der Waals surface area contributed by atoms with Crippen LogP contribution in [0.3, 0.4) is 0 Å². The van der Waals surface area contributed by atoms with Crippen molar-refractivity contribution in [3.8, 4) is 16.8 Å². The van der Waals surface area contributed by atoms with Gasteiger partial charge in [-0.25, -0.2) is 9.98 Å². The van der Waals surface area contributed by atoms with Crippen LogP contribution < -0.4 is 0 Å². The molecule has 0 radical (unpaired) electrons. The molecule has 15 rings (SSSR count). The summed E-state index contributed by atoms with van der Waals surface area (Å²) in [6, 6.07) is 79.4. The Morgan fingerprint density at radius 1 is 0.431 bits per heavy atom. The smallest absolute Gasteiger partial charge is 0.160 e. The number of nitrogens with zero attached hydrogens (tertiary/aromatic N) is 3. The molecule has 0 fully saturated rings. The minimum atomic E-state index is -0.0138. The fourth-order valence-corrected chi connectivity index (χ4v) is 12.5. The van der Waals surface area contributed by atoms with Crippen molar-refractivity contribution in [3.63, 3.8) is 0 Å². The van der Waals surface area contributed by atoms with E-state index in [1.165, 1.54) is 69.0 Å². The fourth-order valence-electron chi connectivity index (χ4n) is 11.3. The van der Waals surface area contributed by atoms with E-state index in [-0.39, 0.29) is 5.92 Å². The molecule has 1 aliphatic rings. The number of aliphatic imine (C=N–C) groups is 2. The lowest BCUT2D eigenvalue weighted by Crippen LogP contribution is -2.19. The van der Waals surface area contributed by atoms with Gasteiger partial charge in [0.15, 0.2) is 5.84 Å². The average Bonchev–Trinajstić information content (AvgIpc) is 4.08. The average molecular weight is 938 g/mol. The molecule has 3 aromatic heterocycles. The number of aromatic nitrogens is 1. The molecule has 1 aliphatic heterocycles. The van der Waals surface area contributed by atoms with Crippen LogP contribution in [0.1, 0.15) is 30.0 Å². The van der Waals surface area contributed by atoms with Crippen molar-refractivity contribution in [1.82, 2.24) is 4.57 Å². The summed E-state index contributed by atoms with van der Waals surface area (Å²) in [7, 11) is 0. The van der Waals surface area contributed by atoms with Gasteiger partial charge in [-0.15, -0.1) is 11.3 Å². The number of allylic oxidation sites excluding steroid dienone is 1. The molecule has 1 unspecified atom stereocenters. The summed E-state index contributed by atoms with van der Waals surface area (Å²) in [5.41, 5.74) is 12.3. The fraction of sp³-hybridized carbons (Fsp3) is 0.0448. The molecular weight excluding hydrogens is 895 g/mol. The number of hydrogen-bond acceptors (Lipinski definition) is 4. The molecule has 0 amide bonds. The largest absolute Gasteiger partial charge is 0.456 e. The molecule has 1 atom stereocenters. The van der Waals surface area contributed by atoms with Crippen LogP contribution in [0.5, 0.6) is 0 Å². The Bertz CT molecular complexity index is 4570. The second kappa shape index (κ2) is 16.1. The van der Waals surface area contributed by atoms with E-state index in [9.17, 15) is 0 Å². The maximum atomic E-state index is 6.95. The van der Waals surface area contributed by atoms with Gasteiger partial charge in [-0.05, 0) is 116 Å². The molecule has 5 heteroatoms. The highest BCUT2D eigenvalue weighted by molar-refractivity contribution is 7.25. The Balaban J connectivity index is 1.02. The molecular formula is C67H43N3OS. The second-order valence-electron chi connectivity index (χ2n) is 19.3. The van der Waals surface area contributed by atoms with Crippen molar-refractivity contribution in [2.75, 3.05) is 0 Å². The number of rotatable bonds is 5.